The van der Waals surface area contributed by atoms with Crippen LogP contribution in [0.15, 0.2) is 12.4 Å². The SMILES string of the molecule is CC1C[C@H](C(=O)Cn2cc(C#N)cn2)[C@@]2(C)CC[C@H]3[C@@H](CC[C@@H]4C[C@@H](C)CC[C@@H]43)[C@H]12. The molecule has 0 aliphatic heterocycles. The Morgan fingerprint density at radius 3 is 2.73 bits per heavy atom. The Morgan fingerprint density at radius 2 is 1.97 bits per heavy atom. The largest absolute Gasteiger partial charge is 0.297 e. The third kappa shape index (κ3) is 3.15. The molecule has 0 aromatic carbocycles. The van der Waals surface area contributed by atoms with E-state index in [1.807, 2.05) is 0 Å². The van der Waals surface area contributed by atoms with Gasteiger partial charge in [0.15, 0.2) is 5.78 Å². The van der Waals surface area contributed by atoms with Crippen LogP contribution in [0, 0.1) is 64.1 Å². The van der Waals surface area contributed by atoms with Gasteiger partial charge in [-0.1, -0.05) is 27.2 Å². The highest BCUT2D eigenvalue weighted by Gasteiger charge is 2.60. The Hall–Kier alpha value is -1.63. The first kappa shape index (κ1) is 20.3. The van der Waals surface area contributed by atoms with Crippen molar-refractivity contribution in [2.24, 2.45) is 52.8 Å². The minimum Gasteiger partial charge on any atom is -0.297 e. The van der Waals surface area contributed by atoms with Gasteiger partial charge in [0.1, 0.15) is 6.07 Å². The molecular formula is C26H37N3O. The summed E-state index contributed by atoms with van der Waals surface area (Å²) < 4.78 is 1.67. The van der Waals surface area contributed by atoms with Gasteiger partial charge in [-0.05, 0) is 91.8 Å². The van der Waals surface area contributed by atoms with Crippen molar-refractivity contribution < 1.29 is 4.79 Å². The number of hydrogen-bond donors (Lipinski definition) is 0. The Bertz CT molecular complexity index is 853. The third-order valence-electron chi connectivity index (χ3n) is 10.00. The van der Waals surface area contributed by atoms with Gasteiger partial charge in [-0.15, -0.1) is 0 Å². The lowest BCUT2D eigenvalue weighted by Gasteiger charge is -2.56. The summed E-state index contributed by atoms with van der Waals surface area (Å²) in [5.74, 6) is 6.43. The lowest BCUT2D eigenvalue weighted by molar-refractivity contribution is -0.131. The molecule has 0 amide bonds. The first-order chi connectivity index (χ1) is 14.4. The molecule has 5 rings (SSSR count). The van der Waals surface area contributed by atoms with E-state index in [0.29, 0.717) is 29.7 Å². The first-order valence-electron chi connectivity index (χ1n) is 12.4. The molecule has 9 atom stereocenters. The number of nitrogens with zero attached hydrogens (tertiary/aromatic N) is 3. The zero-order chi connectivity index (χ0) is 21.0. The fraction of sp³-hybridized carbons (Fsp3) is 0.808. The highest BCUT2D eigenvalue weighted by Crippen LogP contribution is 2.66. The van der Waals surface area contributed by atoms with E-state index in [-0.39, 0.29) is 11.3 Å². The van der Waals surface area contributed by atoms with Gasteiger partial charge in [-0.3, -0.25) is 9.48 Å². The average molecular weight is 408 g/mol. The predicted octanol–water partition coefficient (Wildman–Crippen LogP) is 5.47. The second-order valence-electron chi connectivity index (χ2n) is 11.6. The van der Waals surface area contributed by atoms with E-state index in [1.54, 1.807) is 17.1 Å². The van der Waals surface area contributed by atoms with E-state index in [9.17, 15) is 4.79 Å². The van der Waals surface area contributed by atoms with Gasteiger partial charge >= 0.3 is 0 Å². The number of Topliss-reactive ketones (excluding diaryl/α,β-unsaturated/α-hetero) is 1. The second-order valence-corrected chi connectivity index (χ2v) is 11.6. The normalized spacial score (nSPS) is 45.1. The predicted molar refractivity (Wildman–Crippen MR) is 116 cm³/mol. The molecule has 4 aliphatic carbocycles. The van der Waals surface area contributed by atoms with Gasteiger partial charge in [0.05, 0.1) is 18.3 Å². The molecule has 0 radical (unpaired) electrons. The molecule has 1 aromatic rings. The standard InChI is InChI=1S/C26H37N3O/c1-16-4-6-20-19(10-16)5-7-22-21(20)8-9-26(3)23(11-17(2)25(22)26)24(30)15-29-14-18(12-27)13-28-29/h13-14,16-17,19-23,25H,4-11,15H2,1-3H3/t16-,17?,19+,20-,21+,22+,23+,25-,26+/m0/s1. The van der Waals surface area contributed by atoms with E-state index in [0.717, 1.165) is 36.0 Å². The molecule has 162 valence electrons. The van der Waals surface area contributed by atoms with Crippen molar-refractivity contribution in [3.8, 4) is 6.07 Å². The highest BCUT2D eigenvalue weighted by atomic mass is 16.1. The van der Waals surface area contributed by atoms with E-state index in [1.165, 1.54) is 44.9 Å². The molecule has 0 saturated heterocycles. The maximum absolute atomic E-state index is 13.4. The Morgan fingerprint density at radius 1 is 1.17 bits per heavy atom. The second kappa shape index (κ2) is 7.50. The van der Waals surface area contributed by atoms with Crippen molar-refractivity contribution in [2.45, 2.75) is 78.7 Å². The van der Waals surface area contributed by atoms with Gasteiger partial charge in [0.2, 0.25) is 0 Å². The van der Waals surface area contributed by atoms with Crippen LogP contribution >= 0.6 is 0 Å². The molecule has 1 unspecified atom stereocenters. The summed E-state index contributed by atoms with van der Waals surface area (Å²) in [5, 5.41) is 13.3. The average Bonchev–Trinajstić information content (AvgIpc) is 3.29. The summed E-state index contributed by atoms with van der Waals surface area (Å²) in [6, 6.07) is 2.11. The number of carbonyl (C=O) groups excluding carboxylic acids is 1. The van der Waals surface area contributed by atoms with Gasteiger partial charge in [0, 0.05) is 12.1 Å². The van der Waals surface area contributed by atoms with Crippen molar-refractivity contribution in [3.05, 3.63) is 18.0 Å². The van der Waals surface area contributed by atoms with Crippen LogP contribution in [0.5, 0.6) is 0 Å². The van der Waals surface area contributed by atoms with Crippen molar-refractivity contribution in [1.29, 1.82) is 5.26 Å². The first-order valence-corrected chi connectivity index (χ1v) is 12.4. The lowest BCUT2D eigenvalue weighted by Crippen LogP contribution is -2.50. The number of hydrogen-bond acceptors (Lipinski definition) is 3. The van der Waals surface area contributed by atoms with Crippen LogP contribution in [0.3, 0.4) is 0 Å². The molecule has 0 bridgehead atoms. The van der Waals surface area contributed by atoms with Gasteiger partial charge in [-0.25, -0.2) is 0 Å². The van der Waals surface area contributed by atoms with E-state index >= 15 is 0 Å². The van der Waals surface area contributed by atoms with Crippen LogP contribution in [0.2, 0.25) is 0 Å². The maximum Gasteiger partial charge on any atom is 0.157 e. The monoisotopic (exact) mass is 407 g/mol. The number of carbonyl (C=O) groups is 1. The van der Waals surface area contributed by atoms with Crippen LogP contribution < -0.4 is 0 Å². The number of ketones is 1. The molecule has 4 saturated carbocycles. The zero-order valence-electron chi connectivity index (χ0n) is 18.9. The molecule has 4 nitrogen and oxygen atoms in total. The molecule has 1 aromatic heterocycles. The molecule has 4 heteroatoms. The molecule has 1 heterocycles. The molecule has 4 aliphatic rings. The van der Waals surface area contributed by atoms with Gasteiger partial charge < -0.3 is 0 Å². The Labute approximate surface area is 181 Å². The molecule has 0 N–H and O–H groups in total. The van der Waals surface area contributed by atoms with Crippen molar-refractivity contribution in [2.75, 3.05) is 0 Å². The summed E-state index contributed by atoms with van der Waals surface area (Å²) in [4.78, 5) is 13.4. The fourth-order valence-electron chi connectivity index (χ4n) is 8.91. The molecule has 0 spiro atoms. The summed E-state index contributed by atoms with van der Waals surface area (Å²) in [7, 11) is 0. The summed E-state index contributed by atoms with van der Waals surface area (Å²) in [5.41, 5.74) is 0.684. The number of rotatable bonds is 3. The smallest absolute Gasteiger partial charge is 0.157 e. The fourth-order valence-corrected chi connectivity index (χ4v) is 8.91. The summed E-state index contributed by atoms with van der Waals surface area (Å²) in [6.45, 7) is 7.64. The molecular weight excluding hydrogens is 370 g/mol. The lowest BCUT2D eigenvalue weighted by atomic mass is 9.48. The van der Waals surface area contributed by atoms with Crippen molar-refractivity contribution >= 4 is 5.78 Å². The summed E-state index contributed by atoms with van der Waals surface area (Å²) in [6.07, 6.45) is 14.0. The quantitative estimate of drug-likeness (QED) is 0.667. The van der Waals surface area contributed by atoms with Gasteiger partial charge in [0.25, 0.3) is 0 Å². The number of aromatic nitrogens is 2. The zero-order valence-corrected chi connectivity index (χ0v) is 18.9. The number of fused-ring (bicyclic) bond motifs is 5. The van der Waals surface area contributed by atoms with Crippen LogP contribution in [0.25, 0.3) is 0 Å². The Kier molecular flexibility index (Phi) is 5.07. The maximum atomic E-state index is 13.4. The van der Waals surface area contributed by atoms with Crippen LogP contribution in [-0.4, -0.2) is 15.6 Å². The minimum atomic E-state index is 0.150. The van der Waals surface area contributed by atoms with Crippen LogP contribution in [-0.2, 0) is 11.3 Å². The highest BCUT2D eigenvalue weighted by molar-refractivity contribution is 5.82. The minimum absolute atomic E-state index is 0.150. The van der Waals surface area contributed by atoms with E-state index in [4.69, 9.17) is 5.26 Å². The van der Waals surface area contributed by atoms with Crippen molar-refractivity contribution in [1.82, 2.24) is 9.78 Å². The van der Waals surface area contributed by atoms with E-state index < -0.39 is 0 Å². The topological polar surface area (TPSA) is 58.7 Å². The van der Waals surface area contributed by atoms with Crippen LogP contribution in [0.1, 0.15) is 77.7 Å². The van der Waals surface area contributed by atoms with E-state index in [2.05, 4.69) is 31.9 Å². The van der Waals surface area contributed by atoms with Crippen molar-refractivity contribution in [3.63, 3.8) is 0 Å². The molecule has 4 fully saturated rings. The number of nitriles is 1. The third-order valence-corrected chi connectivity index (χ3v) is 10.00. The molecule has 30 heavy (non-hydrogen) atoms. The summed E-state index contributed by atoms with van der Waals surface area (Å²) >= 11 is 0. The van der Waals surface area contributed by atoms with Gasteiger partial charge in [-0.2, -0.15) is 10.4 Å². The van der Waals surface area contributed by atoms with Crippen LogP contribution in [0.4, 0.5) is 0 Å². The Balaban J connectivity index is 1.35.